The molecule has 0 bridgehead atoms. The van der Waals surface area contributed by atoms with E-state index in [1.54, 1.807) is 16.4 Å². The van der Waals surface area contributed by atoms with Crippen LogP contribution in [0.5, 0.6) is 0 Å². The molecule has 0 aliphatic carbocycles. The van der Waals surface area contributed by atoms with Gasteiger partial charge in [-0.3, -0.25) is 0 Å². The topological polar surface area (TPSA) is 49.4 Å². The maximum absolute atomic E-state index is 12.7. The van der Waals surface area contributed by atoms with Crippen molar-refractivity contribution >= 4 is 10.0 Å². The lowest BCUT2D eigenvalue weighted by molar-refractivity contribution is 0.379. The van der Waals surface area contributed by atoms with E-state index in [0.29, 0.717) is 23.9 Å². The molecule has 4 nitrogen and oxygen atoms in total. The fourth-order valence-electron chi connectivity index (χ4n) is 2.73. The van der Waals surface area contributed by atoms with Crippen LogP contribution in [0, 0.1) is 0 Å². The fraction of sp³-hybridized carbons (Fsp3) is 0.600. The average Bonchev–Trinajstić information content (AvgIpc) is 2.88. The van der Waals surface area contributed by atoms with E-state index < -0.39 is 10.0 Å². The number of likely N-dealkylation sites (N-methyl/N-ethyl adjacent to an activating group) is 1. The van der Waals surface area contributed by atoms with E-state index in [0.717, 1.165) is 18.4 Å². The van der Waals surface area contributed by atoms with Crippen LogP contribution in [0.1, 0.15) is 38.2 Å². The summed E-state index contributed by atoms with van der Waals surface area (Å²) in [5.74, 6) is 0.413. The molecule has 1 aliphatic rings. The highest BCUT2D eigenvalue weighted by Crippen LogP contribution is 2.26. The van der Waals surface area contributed by atoms with Gasteiger partial charge in [0.15, 0.2) is 0 Å². The van der Waals surface area contributed by atoms with E-state index >= 15 is 0 Å². The zero-order valence-electron chi connectivity index (χ0n) is 12.5. The number of nitrogens with one attached hydrogen (secondary N) is 1. The third-order valence-electron chi connectivity index (χ3n) is 3.92. The van der Waals surface area contributed by atoms with E-state index in [1.807, 2.05) is 19.2 Å². The van der Waals surface area contributed by atoms with Crippen LogP contribution < -0.4 is 5.32 Å². The van der Waals surface area contributed by atoms with Crippen LogP contribution in [0.4, 0.5) is 0 Å². The van der Waals surface area contributed by atoms with E-state index in [9.17, 15) is 8.42 Å². The van der Waals surface area contributed by atoms with Gasteiger partial charge in [-0.05, 0) is 43.5 Å². The molecule has 0 saturated carbocycles. The van der Waals surface area contributed by atoms with Gasteiger partial charge in [-0.1, -0.05) is 26.0 Å². The molecule has 1 N–H and O–H groups in total. The Morgan fingerprint density at radius 1 is 1.30 bits per heavy atom. The summed E-state index contributed by atoms with van der Waals surface area (Å²) < 4.78 is 27.0. The van der Waals surface area contributed by atoms with Gasteiger partial charge < -0.3 is 5.32 Å². The molecule has 1 aliphatic heterocycles. The first kappa shape index (κ1) is 15.5. The smallest absolute Gasteiger partial charge is 0.243 e. The van der Waals surface area contributed by atoms with Crippen molar-refractivity contribution in [2.24, 2.45) is 0 Å². The van der Waals surface area contributed by atoms with E-state index in [2.05, 4.69) is 19.2 Å². The number of benzene rings is 1. The Morgan fingerprint density at radius 3 is 2.50 bits per heavy atom. The molecule has 112 valence electrons. The minimum Gasteiger partial charge on any atom is -0.318 e. The standard InChI is InChI=1S/C15H24N2O2S/c1-12(2)13-6-8-15(9-7-13)20(18,19)17-10-4-5-14(17)11-16-3/h6-9,12,14,16H,4-5,10-11H2,1-3H3. The summed E-state index contributed by atoms with van der Waals surface area (Å²) in [6, 6.07) is 7.38. The first-order valence-corrected chi connectivity index (χ1v) is 8.67. The molecule has 1 aromatic carbocycles. The third-order valence-corrected chi connectivity index (χ3v) is 5.88. The highest BCUT2D eigenvalue weighted by molar-refractivity contribution is 7.89. The Labute approximate surface area is 122 Å². The van der Waals surface area contributed by atoms with Crippen LogP contribution in [0.25, 0.3) is 0 Å². The first-order chi connectivity index (χ1) is 9.46. The molecule has 1 fully saturated rings. The van der Waals surface area contributed by atoms with Crippen molar-refractivity contribution in [3.63, 3.8) is 0 Å². The molecule has 1 heterocycles. The zero-order chi connectivity index (χ0) is 14.8. The van der Waals surface area contributed by atoms with E-state index in [1.165, 1.54) is 0 Å². The SMILES string of the molecule is CNCC1CCCN1S(=O)(=O)c1ccc(C(C)C)cc1. The lowest BCUT2D eigenvalue weighted by Crippen LogP contribution is -2.40. The molecule has 1 atom stereocenters. The summed E-state index contributed by atoms with van der Waals surface area (Å²) in [5.41, 5.74) is 1.16. The second-order valence-corrected chi connectivity index (χ2v) is 7.58. The van der Waals surface area contributed by atoms with Crippen molar-refractivity contribution < 1.29 is 8.42 Å². The van der Waals surface area contributed by atoms with E-state index in [-0.39, 0.29) is 6.04 Å². The minimum absolute atomic E-state index is 0.0785. The molecule has 20 heavy (non-hydrogen) atoms. The van der Waals surface area contributed by atoms with Gasteiger partial charge in [-0.2, -0.15) is 4.31 Å². The minimum atomic E-state index is -3.36. The Balaban J connectivity index is 2.25. The van der Waals surface area contributed by atoms with Crippen LogP contribution >= 0.6 is 0 Å². The predicted octanol–water partition coefficient (Wildman–Crippen LogP) is 2.18. The predicted molar refractivity (Wildman–Crippen MR) is 81.4 cm³/mol. The highest BCUT2D eigenvalue weighted by Gasteiger charge is 2.34. The monoisotopic (exact) mass is 296 g/mol. The first-order valence-electron chi connectivity index (χ1n) is 7.23. The van der Waals surface area contributed by atoms with Crippen molar-refractivity contribution in [3.05, 3.63) is 29.8 Å². The Bertz CT molecular complexity index is 537. The van der Waals surface area contributed by atoms with Crippen LogP contribution in [0.15, 0.2) is 29.2 Å². The molecule has 0 spiro atoms. The van der Waals surface area contributed by atoms with Gasteiger partial charge >= 0.3 is 0 Å². The molecule has 0 radical (unpaired) electrons. The van der Waals surface area contributed by atoms with Crippen molar-refractivity contribution in [1.82, 2.24) is 9.62 Å². The van der Waals surface area contributed by atoms with Crippen LogP contribution in [0.3, 0.4) is 0 Å². The lowest BCUT2D eigenvalue weighted by Gasteiger charge is -2.24. The molecular formula is C15H24N2O2S. The summed E-state index contributed by atoms with van der Waals surface area (Å²) in [6.07, 6.45) is 1.87. The largest absolute Gasteiger partial charge is 0.318 e. The van der Waals surface area contributed by atoms with E-state index in [4.69, 9.17) is 0 Å². The Kier molecular flexibility index (Phi) is 4.83. The number of sulfonamides is 1. The van der Waals surface area contributed by atoms with Crippen LogP contribution in [-0.4, -0.2) is 38.9 Å². The van der Waals surface area contributed by atoms with Gasteiger partial charge in [0.1, 0.15) is 0 Å². The molecule has 5 heteroatoms. The second kappa shape index (κ2) is 6.24. The fourth-order valence-corrected chi connectivity index (χ4v) is 4.42. The average molecular weight is 296 g/mol. The summed E-state index contributed by atoms with van der Waals surface area (Å²) in [4.78, 5) is 0.407. The Hall–Kier alpha value is -0.910. The molecule has 0 amide bonds. The maximum Gasteiger partial charge on any atom is 0.243 e. The van der Waals surface area contributed by atoms with Crippen molar-refractivity contribution in [1.29, 1.82) is 0 Å². The number of rotatable bonds is 5. The second-order valence-electron chi connectivity index (χ2n) is 5.69. The third kappa shape index (κ3) is 3.05. The summed E-state index contributed by atoms with van der Waals surface area (Å²) in [7, 11) is -1.50. The van der Waals surface area contributed by atoms with Gasteiger partial charge in [-0.25, -0.2) is 8.42 Å². The maximum atomic E-state index is 12.7. The van der Waals surface area contributed by atoms with Gasteiger partial charge in [0.25, 0.3) is 0 Å². The molecule has 1 unspecified atom stereocenters. The number of nitrogens with zero attached hydrogens (tertiary/aromatic N) is 1. The normalized spacial score (nSPS) is 20.7. The Morgan fingerprint density at radius 2 is 1.95 bits per heavy atom. The molecule has 0 aromatic heterocycles. The van der Waals surface area contributed by atoms with Crippen molar-refractivity contribution in [2.45, 2.75) is 43.5 Å². The van der Waals surface area contributed by atoms with Gasteiger partial charge in [0.2, 0.25) is 10.0 Å². The van der Waals surface area contributed by atoms with Crippen LogP contribution in [-0.2, 0) is 10.0 Å². The van der Waals surface area contributed by atoms with Gasteiger partial charge in [-0.15, -0.1) is 0 Å². The summed E-state index contributed by atoms with van der Waals surface area (Å²) >= 11 is 0. The zero-order valence-corrected chi connectivity index (χ0v) is 13.3. The summed E-state index contributed by atoms with van der Waals surface area (Å²) in [6.45, 7) is 5.55. The molecular weight excluding hydrogens is 272 g/mol. The molecule has 1 saturated heterocycles. The molecule has 1 aromatic rings. The molecule has 2 rings (SSSR count). The lowest BCUT2D eigenvalue weighted by atomic mass is 10.0. The van der Waals surface area contributed by atoms with Gasteiger partial charge in [0, 0.05) is 19.1 Å². The summed E-state index contributed by atoms with van der Waals surface area (Å²) in [5, 5.41) is 3.08. The number of hydrogen-bond acceptors (Lipinski definition) is 3. The van der Waals surface area contributed by atoms with Crippen molar-refractivity contribution in [3.8, 4) is 0 Å². The van der Waals surface area contributed by atoms with Crippen LogP contribution in [0.2, 0.25) is 0 Å². The van der Waals surface area contributed by atoms with Crippen molar-refractivity contribution in [2.75, 3.05) is 20.1 Å². The van der Waals surface area contributed by atoms with Gasteiger partial charge in [0.05, 0.1) is 4.90 Å². The quantitative estimate of drug-likeness (QED) is 0.906. The highest BCUT2D eigenvalue weighted by atomic mass is 32.2. The number of hydrogen-bond donors (Lipinski definition) is 1.